The van der Waals surface area contributed by atoms with Gasteiger partial charge in [-0.15, -0.1) is 24.9 Å². The molecule has 0 radical (unpaired) electrons. The van der Waals surface area contributed by atoms with Crippen LogP contribution in [0.3, 0.4) is 0 Å². The van der Waals surface area contributed by atoms with Crippen molar-refractivity contribution in [3.63, 3.8) is 0 Å². The Labute approximate surface area is 241 Å². The summed E-state index contributed by atoms with van der Waals surface area (Å²) in [7, 11) is 0. The van der Waals surface area contributed by atoms with Crippen molar-refractivity contribution in [3.8, 4) is 0 Å². The van der Waals surface area contributed by atoms with Gasteiger partial charge in [0.2, 0.25) is 11.8 Å². The van der Waals surface area contributed by atoms with Gasteiger partial charge in [0.05, 0.1) is 29.2 Å². The summed E-state index contributed by atoms with van der Waals surface area (Å²) >= 11 is 7.77. The minimum Gasteiger partial charge on any atom is -0.394 e. The summed E-state index contributed by atoms with van der Waals surface area (Å²) in [5, 5.41) is 10.9. The lowest BCUT2D eigenvalue weighted by molar-refractivity contribution is -0.146. The van der Waals surface area contributed by atoms with Crippen molar-refractivity contribution in [1.29, 1.82) is 0 Å². The van der Waals surface area contributed by atoms with Crippen molar-refractivity contribution in [1.82, 2.24) is 9.80 Å². The minimum absolute atomic E-state index is 0.0441. The van der Waals surface area contributed by atoms with Crippen LogP contribution < -0.4 is 4.90 Å². The molecule has 3 fully saturated rings. The molecular weight excluding hydrogens is 534 g/mol. The fourth-order valence-corrected chi connectivity index (χ4v) is 9.42. The maximum atomic E-state index is 14.6. The van der Waals surface area contributed by atoms with E-state index in [2.05, 4.69) is 20.1 Å². The minimum atomic E-state index is -0.814. The number of likely N-dealkylation sites (tertiary alicyclic amines) is 1. The van der Waals surface area contributed by atoms with Crippen LogP contribution >= 0.6 is 23.4 Å². The van der Waals surface area contributed by atoms with E-state index in [1.165, 1.54) is 0 Å². The summed E-state index contributed by atoms with van der Waals surface area (Å²) in [6, 6.07) is 5.70. The van der Waals surface area contributed by atoms with Crippen molar-refractivity contribution in [2.24, 2.45) is 11.8 Å². The molecule has 3 amide bonds. The molecule has 1 aromatic rings. The van der Waals surface area contributed by atoms with E-state index in [0.29, 0.717) is 36.6 Å². The highest BCUT2D eigenvalue weighted by Crippen LogP contribution is 2.72. The first kappa shape index (κ1) is 29.7. The third kappa shape index (κ3) is 4.82. The van der Waals surface area contributed by atoms with E-state index in [9.17, 15) is 19.5 Å². The number of halogens is 1. The van der Waals surface area contributed by atoms with Gasteiger partial charge in [-0.25, -0.2) is 0 Å². The van der Waals surface area contributed by atoms with Crippen LogP contribution in [0.5, 0.6) is 0 Å². The molecular formula is C30H40ClN3O4S. The van der Waals surface area contributed by atoms with Gasteiger partial charge in [0, 0.05) is 35.1 Å². The van der Waals surface area contributed by atoms with Crippen LogP contribution in [0, 0.1) is 11.8 Å². The van der Waals surface area contributed by atoms with Crippen molar-refractivity contribution in [2.75, 3.05) is 31.1 Å². The molecule has 7 nitrogen and oxygen atoms in total. The zero-order valence-corrected chi connectivity index (χ0v) is 24.7. The third-order valence-corrected chi connectivity index (χ3v) is 10.9. The van der Waals surface area contributed by atoms with E-state index >= 15 is 0 Å². The lowest BCUT2D eigenvalue weighted by Gasteiger charge is -2.39. The van der Waals surface area contributed by atoms with E-state index in [-0.39, 0.29) is 30.9 Å². The molecule has 1 spiro atoms. The average molecular weight is 574 g/mol. The highest BCUT2D eigenvalue weighted by atomic mass is 35.5. The van der Waals surface area contributed by atoms with Gasteiger partial charge in [0.15, 0.2) is 0 Å². The van der Waals surface area contributed by atoms with Gasteiger partial charge in [-0.05, 0) is 56.9 Å². The molecule has 3 heterocycles. The monoisotopic (exact) mass is 573 g/mol. The lowest BCUT2D eigenvalue weighted by atomic mass is 9.66. The molecule has 0 saturated carbocycles. The SMILES string of the molecule is C=CCN(CCC)C(=O)[C@@H]1[C@H]2C(=O)N([C@@H](CC)CO)C(C(=O)N(CC=C)c3ccc(Cl)cc3)C23CC[C@@]1(C)S3. The molecule has 3 aliphatic heterocycles. The van der Waals surface area contributed by atoms with Gasteiger partial charge in [-0.3, -0.25) is 14.4 Å². The predicted molar refractivity (Wildman–Crippen MR) is 158 cm³/mol. The van der Waals surface area contributed by atoms with Crippen LogP contribution in [0.2, 0.25) is 5.02 Å². The highest BCUT2D eigenvalue weighted by molar-refractivity contribution is 8.02. The van der Waals surface area contributed by atoms with Crippen LogP contribution in [-0.2, 0) is 14.4 Å². The van der Waals surface area contributed by atoms with E-state index in [1.54, 1.807) is 62.9 Å². The fraction of sp³-hybridized carbons (Fsp3) is 0.567. The number of aliphatic hydroxyl groups is 1. The quantitative estimate of drug-likeness (QED) is 0.371. The standard InChI is InChI=1S/C30H40ClN3O4S/c1-6-16-32(17-7-2)26(36)23-24-27(37)34(21(9-4)19-35)25(30(24)15-14-29(23,5)39-30)28(38)33(18-8-3)22-12-10-20(31)11-13-22/h6,8,10-13,21,23-25,35H,1,3,7,9,14-19H2,2,4-5H3/t21-,23-,24-,25?,29+,30?/m0/s1. The van der Waals surface area contributed by atoms with Crippen molar-refractivity contribution in [3.05, 3.63) is 54.6 Å². The molecule has 0 aromatic heterocycles. The number of hydrogen-bond acceptors (Lipinski definition) is 5. The average Bonchev–Trinajstić information content (AvgIpc) is 3.49. The van der Waals surface area contributed by atoms with E-state index < -0.39 is 33.4 Å². The second kappa shape index (κ2) is 11.7. The molecule has 4 rings (SSSR count). The Morgan fingerprint density at radius 3 is 2.41 bits per heavy atom. The van der Waals surface area contributed by atoms with Gasteiger partial charge in [-0.2, -0.15) is 0 Å². The molecule has 0 aliphatic carbocycles. The summed E-state index contributed by atoms with van der Waals surface area (Å²) in [5.41, 5.74) is 0.657. The fourth-order valence-electron chi connectivity index (χ4n) is 6.96. The molecule has 3 aliphatic rings. The first-order valence-corrected chi connectivity index (χ1v) is 15.0. The smallest absolute Gasteiger partial charge is 0.251 e. The number of anilines is 1. The lowest BCUT2D eigenvalue weighted by Crippen LogP contribution is -2.57. The maximum Gasteiger partial charge on any atom is 0.251 e. The predicted octanol–water partition coefficient (Wildman–Crippen LogP) is 4.54. The van der Waals surface area contributed by atoms with Crippen molar-refractivity contribution in [2.45, 2.75) is 68.0 Å². The molecule has 9 heteroatoms. The van der Waals surface area contributed by atoms with Gasteiger partial charge >= 0.3 is 0 Å². The van der Waals surface area contributed by atoms with Crippen LogP contribution in [0.1, 0.15) is 46.5 Å². The highest BCUT2D eigenvalue weighted by Gasteiger charge is 2.78. The summed E-state index contributed by atoms with van der Waals surface area (Å²) in [6.45, 7) is 14.7. The largest absolute Gasteiger partial charge is 0.394 e. The van der Waals surface area contributed by atoms with E-state index in [1.807, 2.05) is 13.8 Å². The van der Waals surface area contributed by atoms with Gasteiger partial charge < -0.3 is 19.8 Å². The number of rotatable bonds is 12. The number of thioether (sulfide) groups is 1. The van der Waals surface area contributed by atoms with E-state index in [4.69, 9.17) is 11.6 Å². The first-order valence-electron chi connectivity index (χ1n) is 13.8. The number of hydrogen-bond donors (Lipinski definition) is 1. The zero-order chi connectivity index (χ0) is 28.5. The molecule has 1 aromatic carbocycles. The molecule has 1 N–H and O–H groups in total. The van der Waals surface area contributed by atoms with Gasteiger partial charge in [-0.1, -0.05) is 37.6 Å². The van der Waals surface area contributed by atoms with Crippen LogP contribution in [0.4, 0.5) is 5.69 Å². The second-order valence-electron chi connectivity index (χ2n) is 11.0. The Morgan fingerprint density at radius 1 is 1.18 bits per heavy atom. The Balaban J connectivity index is 1.83. The molecule has 212 valence electrons. The Morgan fingerprint density at radius 2 is 1.85 bits per heavy atom. The molecule has 3 saturated heterocycles. The molecule has 39 heavy (non-hydrogen) atoms. The van der Waals surface area contributed by atoms with Crippen LogP contribution in [-0.4, -0.2) is 80.4 Å². The Bertz CT molecular complexity index is 1130. The van der Waals surface area contributed by atoms with Gasteiger partial charge in [0.1, 0.15) is 6.04 Å². The molecule has 2 bridgehead atoms. The van der Waals surface area contributed by atoms with Crippen molar-refractivity contribution >= 4 is 46.8 Å². The molecule has 2 unspecified atom stereocenters. The summed E-state index contributed by atoms with van der Waals surface area (Å²) in [4.78, 5) is 48.2. The van der Waals surface area contributed by atoms with Crippen LogP contribution in [0.15, 0.2) is 49.6 Å². The van der Waals surface area contributed by atoms with Crippen molar-refractivity contribution < 1.29 is 19.5 Å². The van der Waals surface area contributed by atoms with Crippen LogP contribution in [0.25, 0.3) is 0 Å². The third-order valence-electron chi connectivity index (χ3n) is 8.66. The number of amides is 3. The summed E-state index contributed by atoms with van der Waals surface area (Å²) in [5.74, 6) is -1.65. The molecule has 6 atom stereocenters. The zero-order valence-electron chi connectivity index (χ0n) is 23.1. The number of aliphatic hydroxyl groups excluding tert-OH is 1. The van der Waals surface area contributed by atoms with Gasteiger partial charge in [0.25, 0.3) is 5.91 Å². The number of benzene rings is 1. The second-order valence-corrected chi connectivity index (χ2v) is 13.3. The Hall–Kier alpha value is -2.29. The topological polar surface area (TPSA) is 81.2 Å². The van der Waals surface area contributed by atoms with E-state index in [0.717, 1.165) is 12.8 Å². The maximum absolute atomic E-state index is 14.6. The number of nitrogens with zero attached hydrogens (tertiary/aromatic N) is 3. The summed E-state index contributed by atoms with van der Waals surface area (Å²) in [6.07, 6.45) is 6.07. The summed E-state index contributed by atoms with van der Waals surface area (Å²) < 4.78 is -1.22. The number of carbonyl (C=O) groups excluding carboxylic acids is 3. The number of carbonyl (C=O) groups is 3. The number of fused-ring (bicyclic) bond motifs is 1. The normalized spacial score (nSPS) is 29.7. The first-order chi connectivity index (χ1) is 18.6. The Kier molecular flexibility index (Phi) is 8.89.